The third-order valence-electron chi connectivity index (χ3n) is 2.26. The van der Waals surface area contributed by atoms with E-state index in [1.807, 2.05) is 0 Å². The Hall–Kier alpha value is -0.970. The van der Waals surface area contributed by atoms with E-state index in [0.29, 0.717) is 13.0 Å². The molecular weight excluding hydrogens is 222 g/mol. The first kappa shape index (κ1) is 12.1. The van der Waals surface area contributed by atoms with E-state index in [4.69, 9.17) is 16.3 Å². The van der Waals surface area contributed by atoms with Crippen LogP contribution in [0.3, 0.4) is 0 Å². The van der Waals surface area contributed by atoms with Crippen molar-refractivity contribution in [2.45, 2.75) is 18.9 Å². The second kappa shape index (κ2) is 5.80. The summed E-state index contributed by atoms with van der Waals surface area (Å²) < 4.78 is 9.45. The van der Waals surface area contributed by atoms with Crippen LogP contribution in [0.4, 0.5) is 4.79 Å². The van der Waals surface area contributed by atoms with Crippen molar-refractivity contribution in [3.05, 3.63) is 0 Å². The van der Waals surface area contributed by atoms with Gasteiger partial charge in [-0.05, 0) is 12.8 Å². The Morgan fingerprint density at radius 2 is 2.27 bits per heavy atom. The lowest BCUT2D eigenvalue weighted by molar-refractivity contribution is -0.145. The number of hydrogen-bond acceptors (Lipinski definition) is 4. The minimum Gasteiger partial charge on any atom is -0.467 e. The molecule has 15 heavy (non-hydrogen) atoms. The zero-order valence-electron chi connectivity index (χ0n) is 8.57. The molecule has 0 spiro atoms. The maximum absolute atomic E-state index is 11.5. The van der Waals surface area contributed by atoms with Gasteiger partial charge in [-0.25, -0.2) is 9.59 Å². The molecule has 0 N–H and O–H groups in total. The average molecular weight is 236 g/mol. The van der Waals surface area contributed by atoms with E-state index < -0.39 is 18.1 Å². The number of alkyl halides is 1. The Labute approximate surface area is 93.3 Å². The summed E-state index contributed by atoms with van der Waals surface area (Å²) in [6.07, 6.45) is 0.918. The Bertz CT molecular complexity index is 246. The number of nitrogens with zero attached hydrogens (tertiary/aromatic N) is 1. The van der Waals surface area contributed by atoms with Crippen LogP contribution in [0, 0.1) is 0 Å². The lowest BCUT2D eigenvalue weighted by atomic mass is 10.2. The fraction of sp³-hybridized carbons (Fsp3) is 0.778. The van der Waals surface area contributed by atoms with Crippen molar-refractivity contribution < 1.29 is 19.1 Å². The summed E-state index contributed by atoms with van der Waals surface area (Å²) in [7, 11) is 1.31. The molecule has 0 aliphatic carbocycles. The lowest BCUT2D eigenvalue weighted by Gasteiger charge is -2.21. The molecule has 1 atom stereocenters. The van der Waals surface area contributed by atoms with E-state index in [0.717, 1.165) is 6.42 Å². The summed E-state index contributed by atoms with van der Waals surface area (Å²) >= 11 is 5.39. The van der Waals surface area contributed by atoms with Gasteiger partial charge in [0.25, 0.3) is 0 Å². The molecule has 1 rings (SSSR count). The second-order valence-corrected chi connectivity index (χ2v) is 3.56. The van der Waals surface area contributed by atoms with Gasteiger partial charge in [0.15, 0.2) is 0 Å². The summed E-state index contributed by atoms with van der Waals surface area (Å²) in [4.78, 5) is 24.2. The molecule has 1 aliphatic rings. The van der Waals surface area contributed by atoms with Crippen LogP contribution >= 0.6 is 11.6 Å². The van der Waals surface area contributed by atoms with Gasteiger partial charge < -0.3 is 9.47 Å². The first-order chi connectivity index (χ1) is 7.20. The second-order valence-electron chi connectivity index (χ2n) is 3.18. The van der Waals surface area contributed by atoms with Gasteiger partial charge in [-0.2, -0.15) is 0 Å². The predicted octanol–water partition coefficient (Wildman–Crippen LogP) is 0.999. The third kappa shape index (κ3) is 2.99. The first-order valence-electron chi connectivity index (χ1n) is 4.78. The molecule has 5 nitrogen and oxygen atoms in total. The molecule has 1 aliphatic heterocycles. The number of hydrogen-bond donors (Lipinski definition) is 0. The first-order valence-corrected chi connectivity index (χ1v) is 5.31. The molecule has 0 aromatic carbocycles. The monoisotopic (exact) mass is 235 g/mol. The number of likely N-dealkylation sites (tertiary alicyclic amines) is 1. The number of carbonyl (C=O) groups excluding carboxylic acids is 2. The lowest BCUT2D eigenvalue weighted by Crippen LogP contribution is -2.41. The van der Waals surface area contributed by atoms with E-state index in [1.54, 1.807) is 0 Å². The van der Waals surface area contributed by atoms with Crippen LogP contribution in [0.25, 0.3) is 0 Å². The number of methoxy groups -OCH3 is 1. The zero-order valence-corrected chi connectivity index (χ0v) is 9.33. The van der Waals surface area contributed by atoms with Crippen LogP contribution in [-0.2, 0) is 14.3 Å². The topological polar surface area (TPSA) is 55.8 Å². The quantitative estimate of drug-likeness (QED) is 0.541. The predicted molar refractivity (Wildman–Crippen MR) is 53.8 cm³/mol. The van der Waals surface area contributed by atoms with Crippen LogP contribution in [0.15, 0.2) is 0 Å². The SMILES string of the molecule is COC(=O)[C@@H]1CCCN1C(=O)OCCCl. The van der Waals surface area contributed by atoms with Gasteiger partial charge >= 0.3 is 12.1 Å². The molecule has 0 unspecified atom stereocenters. The molecule has 6 heteroatoms. The fourth-order valence-electron chi connectivity index (χ4n) is 1.58. The molecular formula is C9H14ClNO4. The molecule has 0 saturated carbocycles. The summed E-state index contributed by atoms with van der Waals surface area (Å²) in [5.74, 6) is -0.141. The highest BCUT2D eigenvalue weighted by atomic mass is 35.5. The maximum atomic E-state index is 11.5. The largest absolute Gasteiger partial charge is 0.467 e. The fourth-order valence-corrected chi connectivity index (χ4v) is 1.65. The highest BCUT2D eigenvalue weighted by molar-refractivity contribution is 6.18. The van der Waals surface area contributed by atoms with E-state index in [-0.39, 0.29) is 12.5 Å². The van der Waals surface area contributed by atoms with Crippen LogP contribution in [0.2, 0.25) is 0 Å². The van der Waals surface area contributed by atoms with Crippen LogP contribution in [-0.4, -0.2) is 49.1 Å². The highest BCUT2D eigenvalue weighted by Crippen LogP contribution is 2.19. The minimum atomic E-state index is -0.502. The van der Waals surface area contributed by atoms with Gasteiger partial charge in [-0.1, -0.05) is 0 Å². The van der Waals surface area contributed by atoms with Crippen molar-refractivity contribution >= 4 is 23.7 Å². The van der Waals surface area contributed by atoms with Gasteiger partial charge in [-0.15, -0.1) is 11.6 Å². The summed E-state index contributed by atoms with van der Waals surface area (Å²) in [6, 6.07) is -0.502. The molecule has 0 radical (unpaired) electrons. The van der Waals surface area contributed by atoms with Crippen LogP contribution < -0.4 is 0 Å². The molecule has 1 saturated heterocycles. The van der Waals surface area contributed by atoms with Crippen LogP contribution in [0.1, 0.15) is 12.8 Å². The van der Waals surface area contributed by atoms with Crippen molar-refractivity contribution in [1.29, 1.82) is 0 Å². The van der Waals surface area contributed by atoms with Gasteiger partial charge in [0.05, 0.1) is 13.0 Å². The van der Waals surface area contributed by atoms with Gasteiger partial charge in [0.1, 0.15) is 12.6 Å². The molecule has 0 aromatic rings. The number of amides is 1. The Morgan fingerprint density at radius 3 is 2.87 bits per heavy atom. The van der Waals surface area contributed by atoms with Crippen molar-refractivity contribution in [1.82, 2.24) is 4.90 Å². The van der Waals surface area contributed by atoms with E-state index in [9.17, 15) is 9.59 Å². The summed E-state index contributed by atoms with van der Waals surface area (Å²) in [6.45, 7) is 0.686. The zero-order chi connectivity index (χ0) is 11.3. The molecule has 0 bridgehead atoms. The summed E-state index contributed by atoms with van der Waals surface area (Å²) in [5, 5.41) is 0. The van der Waals surface area contributed by atoms with E-state index >= 15 is 0 Å². The number of ether oxygens (including phenoxy) is 2. The molecule has 86 valence electrons. The smallest absolute Gasteiger partial charge is 0.410 e. The van der Waals surface area contributed by atoms with Crippen molar-refractivity contribution in [2.24, 2.45) is 0 Å². The molecule has 1 heterocycles. The average Bonchev–Trinajstić information content (AvgIpc) is 2.73. The number of halogens is 1. The van der Waals surface area contributed by atoms with Crippen molar-refractivity contribution in [3.63, 3.8) is 0 Å². The Kier molecular flexibility index (Phi) is 4.68. The molecule has 0 aromatic heterocycles. The van der Waals surface area contributed by atoms with Gasteiger partial charge in [0, 0.05) is 6.54 Å². The van der Waals surface area contributed by atoms with Crippen LogP contribution in [0.5, 0.6) is 0 Å². The number of carbonyl (C=O) groups is 2. The normalized spacial score (nSPS) is 20.1. The van der Waals surface area contributed by atoms with Crippen molar-refractivity contribution in [3.8, 4) is 0 Å². The maximum Gasteiger partial charge on any atom is 0.410 e. The number of rotatable bonds is 3. The highest BCUT2D eigenvalue weighted by Gasteiger charge is 2.35. The van der Waals surface area contributed by atoms with E-state index in [1.165, 1.54) is 12.0 Å². The standard InChI is InChI=1S/C9H14ClNO4/c1-14-8(12)7-3-2-5-11(7)9(13)15-6-4-10/h7H,2-6H2,1H3/t7-/m0/s1. The molecule has 1 fully saturated rings. The van der Waals surface area contributed by atoms with Gasteiger partial charge in [0.2, 0.25) is 0 Å². The molecule has 1 amide bonds. The van der Waals surface area contributed by atoms with Crippen molar-refractivity contribution in [2.75, 3.05) is 26.1 Å². The Balaban J connectivity index is 2.52. The minimum absolute atomic E-state index is 0.158. The Morgan fingerprint density at radius 1 is 1.53 bits per heavy atom. The van der Waals surface area contributed by atoms with E-state index in [2.05, 4.69) is 4.74 Å². The third-order valence-corrected chi connectivity index (χ3v) is 2.42. The summed E-state index contributed by atoms with van der Waals surface area (Å²) in [5.41, 5.74) is 0. The number of esters is 1. The van der Waals surface area contributed by atoms with Gasteiger partial charge in [-0.3, -0.25) is 4.90 Å².